The van der Waals surface area contributed by atoms with Crippen LogP contribution in [0.5, 0.6) is 0 Å². The van der Waals surface area contributed by atoms with E-state index in [1.54, 1.807) is 49.4 Å². The summed E-state index contributed by atoms with van der Waals surface area (Å²) < 4.78 is 40.1. The Hall–Kier alpha value is -2.39. The summed E-state index contributed by atoms with van der Waals surface area (Å²) in [7, 11) is -4.10. The number of benzene rings is 2. The molecule has 33 heavy (non-hydrogen) atoms. The number of carbonyl (C=O) groups excluding carboxylic acids is 1. The number of halogens is 1. The molecule has 2 aromatic rings. The monoisotopic (exact) mass is 491 g/mol. The number of aliphatic hydroxyl groups excluding tert-OH is 1. The highest BCUT2D eigenvalue weighted by molar-refractivity contribution is 7.89. The second-order valence-corrected chi connectivity index (χ2v) is 10.4. The lowest BCUT2D eigenvalue weighted by atomic mass is 9.81. The van der Waals surface area contributed by atoms with E-state index in [1.807, 2.05) is 6.92 Å². The molecule has 2 aromatic carbocycles. The minimum absolute atomic E-state index is 0.0879. The number of ether oxygens (including phenoxy) is 2. The van der Waals surface area contributed by atoms with Gasteiger partial charge in [-0.15, -0.1) is 0 Å². The van der Waals surface area contributed by atoms with E-state index in [4.69, 9.17) is 21.1 Å². The summed E-state index contributed by atoms with van der Waals surface area (Å²) >= 11 is 6.05. The van der Waals surface area contributed by atoms with E-state index in [0.717, 1.165) is 5.56 Å². The van der Waals surface area contributed by atoms with Gasteiger partial charge in [0, 0.05) is 10.9 Å². The fraction of sp³-hybridized carbons (Fsp3) is 0.375. The molecule has 2 heterocycles. The molecule has 0 aliphatic carbocycles. The Balaban J connectivity index is 1.91. The minimum atomic E-state index is -4.10. The maximum atomic E-state index is 13.9. The van der Waals surface area contributed by atoms with E-state index in [1.165, 1.54) is 16.4 Å². The van der Waals surface area contributed by atoms with Crippen LogP contribution in [0, 0.1) is 18.8 Å². The Bertz CT molecular complexity index is 1150. The first-order valence-electron chi connectivity index (χ1n) is 10.8. The number of esters is 1. The van der Waals surface area contributed by atoms with Crippen LogP contribution in [0.25, 0.3) is 5.70 Å². The standard InChI is InChI=1S/C24H26ClNO6S/c1-3-31-24(28)20-14-21(16-6-8-17(25)9-7-16)26(23-19(20)12-13-22(27)32-23)33(29,30)18-10-4-15(2)5-11-18/h4-11,14,19-20,22-23,27H,3,12-13H2,1-2H3/t19-,20+,22?,23-/m1/s1. The third-order valence-electron chi connectivity index (χ3n) is 5.95. The predicted octanol–water partition coefficient (Wildman–Crippen LogP) is 3.94. The molecule has 9 heteroatoms. The molecule has 2 aliphatic rings. The molecule has 0 radical (unpaired) electrons. The lowest BCUT2D eigenvalue weighted by Crippen LogP contribution is -2.54. The molecule has 176 valence electrons. The smallest absolute Gasteiger partial charge is 0.313 e. The van der Waals surface area contributed by atoms with E-state index in [0.29, 0.717) is 23.4 Å². The highest BCUT2D eigenvalue weighted by Crippen LogP contribution is 2.45. The van der Waals surface area contributed by atoms with Crippen LogP contribution in [0.4, 0.5) is 0 Å². The summed E-state index contributed by atoms with van der Waals surface area (Å²) in [5.74, 6) is -1.69. The Morgan fingerprint density at radius 1 is 1.15 bits per heavy atom. The van der Waals surface area contributed by atoms with Gasteiger partial charge >= 0.3 is 5.97 Å². The average molecular weight is 492 g/mol. The first-order valence-corrected chi connectivity index (χ1v) is 12.6. The van der Waals surface area contributed by atoms with Crippen molar-refractivity contribution in [3.05, 3.63) is 70.8 Å². The Kier molecular flexibility index (Phi) is 6.81. The van der Waals surface area contributed by atoms with Crippen LogP contribution in [-0.4, -0.2) is 42.9 Å². The molecule has 1 N–H and O–H groups in total. The molecule has 1 saturated heterocycles. The number of aliphatic hydroxyl groups is 1. The molecular weight excluding hydrogens is 466 g/mol. The lowest BCUT2D eigenvalue weighted by molar-refractivity contribution is -0.216. The van der Waals surface area contributed by atoms with E-state index in [-0.39, 0.29) is 17.2 Å². The molecule has 0 spiro atoms. The molecule has 7 nitrogen and oxygen atoms in total. The molecular formula is C24H26ClNO6S. The van der Waals surface area contributed by atoms with Crippen molar-refractivity contribution in [2.45, 2.75) is 44.1 Å². The topological polar surface area (TPSA) is 93.1 Å². The van der Waals surface area contributed by atoms with Gasteiger partial charge in [-0.1, -0.05) is 41.4 Å². The first-order chi connectivity index (χ1) is 15.7. The summed E-state index contributed by atoms with van der Waals surface area (Å²) in [6.07, 6.45) is 0.105. The molecule has 0 bridgehead atoms. The third kappa shape index (κ3) is 4.66. The van der Waals surface area contributed by atoms with Gasteiger partial charge in [0.15, 0.2) is 12.5 Å². The number of hydrogen-bond donors (Lipinski definition) is 1. The highest BCUT2D eigenvalue weighted by Gasteiger charge is 2.50. The summed E-state index contributed by atoms with van der Waals surface area (Å²) in [5.41, 5.74) is 1.75. The average Bonchev–Trinajstić information content (AvgIpc) is 2.78. The SMILES string of the molecule is CCOC(=O)[C@H]1C=C(c2ccc(Cl)cc2)N(S(=O)(=O)c2ccc(C)cc2)[C@@H]2OC(O)CC[C@H]12. The molecule has 0 aromatic heterocycles. The van der Waals surface area contributed by atoms with Gasteiger partial charge in [-0.2, -0.15) is 0 Å². The van der Waals surface area contributed by atoms with E-state index >= 15 is 0 Å². The van der Waals surface area contributed by atoms with Crippen molar-refractivity contribution in [2.24, 2.45) is 11.8 Å². The van der Waals surface area contributed by atoms with Crippen molar-refractivity contribution in [2.75, 3.05) is 6.61 Å². The van der Waals surface area contributed by atoms with Gasteiger partial charge in [0.25, 0.3) is 10.0 Å². The maximum Gasteiger partial charge on any atom is 0.313 e. The number of sulfonamides is 1. The van der Waals surface area contributed by atoms with Crippen LogP contribution in [0.15, 0.2) is 59.5 Å². The molecule has 2 aliphatic heterocycles. The second-order valence-electron chi connectivity index (χ2n) is 8.17. The van der Waals surface area contributed by atoms with Crippen molar-refractivity contribution in [1.82, 2.24) is 4.31 Å². The van der Waals surface area contributed by atoms with Crippen LogP contribution in [0.2, 0.25) is 5.02 Å². The fourth-order valence-electron chi connectivity index (χ4n) is 4.31. The zero-order valence-electron chi connectivity index (χ0n) is 18.3. The Morgan fingerprint density at radius 3 is 2.45 bits per heavy atom. The number of hydrogen-bond acceptors (Lipinski definition) is 6. The van der Waals surface area contributed by atoms with Gasteiger partial charge in [-0.25, -0.2) is 12.7 Å². The highest BCUT2D eigenvalue weighted by atomic mass is 35.5. The summed E-state index contributed by atoms with van der Waals surface area (Å²) in [6.45, 7) is 3.79. The molecule has 4 atom stereocenters. The van der Waals surface area contributed by atoms with Crippen LogP contribution >= 0.6 is 11.6 Å². The Morgan fingerprint density at radius 2 is 1.82 bits per heavy atom. The zero-order valence-corrected chi connectivity index (χ0v) is 19.9. The number of rotatable bonds is 5. The largest absolute Gasteiger partial charge is 0.466 e. The molecule has 1 fully saturated rings. The van der Waals surface area contributed by atoms with Crippen molar-refractivity contribution in [3.63, 3.8) is 0 Å². The molecule has 4 rings (SSSR count). The zero-order chi connectivity index (χ0) is 23.8. The predicted molar refractivity (Wildman–Crippen MR) is 123 cm³/mol. The van der Waals surface area contributed by atoms with Crippen molar-refractivity contribution in [1.29, 1.82) is 0 Å². The van der Waals surface area contributed by atoms with Gasteiger partial charge in [0.1, 0.15) is 0 Å². The lowest BCUT2D eigenvalue weighted by Gasteiger charge is -2.47. The van der Waals surface area contributed by atoms with Gasteiger partial charge < -0.3 is 14.6 Å². The second kappa shape index (κ2) is 9.46. The van der Waals surface area contributed by atoms with Crippen LogP contribution in [0.3, 0.4) is 0 Å². The molecule has 0 saturated carbocycles. The molecule has 1 unspecified atom stereocenters. The number of fused-ring (bicyclic) bond motifs is 1. The fourth-order valence-corrected chi connectivity index (χ4v) is 6.05. The van der Waals surface area contributed by atoms with Gasteiger partial charge in [0.2, 0.25) is 0 Å². The quantitative estimate of drug-likeness (QED) is 0.637. The Labute approximate surface area is 198 Å². The number of nitrogens with zero attached hydrogens (tertiary/aromatic N) is 1. The van der Waals surface area contributed by atoms with Crippen LogP contribution in [-0.2, 0) is 24.3 Å². The third-order valence-corrected chi connectivity index (χ3v) is 8.00. The summed E-state index contributed by atoms with van der Waals surface area (Å²) in [5, 5.41) is 10.8. The normalized spacial score (nSPS) is 25.2. The first kappa shape index (κ1) is 23.8. The van der Waals surface area contributed by atoms with Gasteiger partial charge in [-0.3, -0.25) is 4.79 Å². The van der Waals surface area contributed by atoms with Gasteiger partial charge in [0.05, 0.1) is 23.1 Å². The molecule has 0 amide bonds. The van der Waals surface area contributed by atoms with Crippen LogP contribution in [0.1, 0.15) is 30.9 Å². The van der Waals surface area contributed by atoms with Crippen molar-refractivity contribution in [3.8, 4) is 0 Å². The number of carbonyl (C=O) groups is 1. The van der Waals surface area contributed by atoms with E-state index in [2.05, 4.69) is 0 Å². The minimum Gasteiger partial charge on any atom is -0.466 e. The van der Waals surface area contributed by atoms with Gasteiger partial charge in [-0.05, 0) is 62.6 Å². The maximum absolute atomic E-state index is 13.9. The van der Waals surface area contributed by atoms with Crippen molar-refractivity contribution >= 4 is 33.3 Å². The summed E-state index contributed by atoms with van der Waals surface area (Å²) in [4.78, 5) is 12.9. The number of aryl methyl sites for hydroxylation is 1. The van der Waals surface area contributed by atoms with E-state index < -0.39 is 40.3 Å². The summed E-state index contributed by atoms with van der Waals surface area (Å²) in [6, 6.07) is 13.2. The van der Waals surface area contributed by atoms with Crippen LogP contribution < -0.4 is 0 Å². The van der Waals surface area contributed by atoms with Crippen molar-refractivity contribution < 1.29 is 27.8 Å². The van der Waals surface area contributed by atoms with E-state index in [9.17, 15) is 18.3 Å².